The van der Waals surface area contributed by atoms with Gasteiger partial charge in [0, 0.05) is 23.7 Å². The van der Waals surface area contributed by atoms with Crippen LogP contribution in [0.2, 0.25) is 0 Å². The maximum atomic E-state index is 14.5. The van der Waals surface area contributed by atoms with Gasteiger partial charge in [-0.15, -0.1) is 10.2 Å². The summed E-state index contributed by atoms with van der Waals surface area (Å²) >= 11 is 2.64. The highest BCUT2D eigenvalue weighted by Gasteiger charge is 2.48. The molecule has 41 heavy (non-hydrogen) atoms. The molecular formula is C30H21FN4O4S2. The maximum Gasteiger partial charge on any atom is 0.301 e. The number of halogens is 1. The highest BCUT2D eigenvalue weighted by Crippen LogP contribution is 2.44. The molecule has 1 saturated heterocycles. The summed E-state index contributed by atoms with van der Waals surface area (Å²) < 4.78 is 20.0. The second kappa shape index (κ2) is 11.1. The first kappa shape index (κ1) is 26.6. The fourth-order valence-corrected chi connectivity index (χ4v) is 6.64. The molecule has 3 heterocycles. The number of aromatic nitrogens is 3. The number of aliphatic hydroxyl groups is 1. The number of ketones is 1. The van der Waals surface area contributed by atoms with Gasteiger partial charge in [0.15, 0.2) is 15.9 Å². The molecule has 1 atom stereocenters. The average molecular weight is 585 g/mol. The zero-order valence-corrected chi connectivity index (χ0v) is 23.2. The Hall–Kier alpha value is -4.61. The molecule has 0 radical (unpaired) electrons. The van der Waals surface area contributed by atoms with E-state index in [0.29, 0.717) is 15.7 Å². The predicted octanol–water partition coefficient (Wildman–Crippen LogP) is 6.15. The maximum absolute atomic E-state index is 14.5. The number of carbonyl (C=O) groups excluding carboxylic acids is 2. The van der Waals surface area contributed by atoms with Crippen molar-refractivity contribution in [1.82, 2.24) is 15.2 Å². The van der Waals surface area contributed by atoms with Gasteiger partial charge in [-0.25, -0.2) is 4.39 Å². The molecule has 1 aliphatic rings. The van der Waals surface area contributed by atoms with E-state index in [1.165, 1.54) is 53.4 Å². The first-order valence-corrected chi connectivity index (χ1v) is 14.2. The SMILES string of the molecule is COc1ccc(/C(O)=C2\C(=O)C(=O)N(c3nnc(SCc4cccc5ccccc45)s3)C2c2cccnc2)cc1F. The van der Waals surface area contributed by atoms with E-state index in [0.717, 1.165) is 22.4 Å². The molecule has 0 aliphatic carbocycles. The molecule has 204 valence electrons. The number of rotatable bonds is 7. The van der Waals surface area contributed by atoms with Gasteiger partial charge in [0.25, 0.3) is 5.78 Å². The Bertz CT molecular complexity index is 1820. The van der Waals surface area contributed by atoms with E-state index < -0.39 is 29.3 Å². The molecule has 1 N–H and O–H groups in total. The number of fused-ring (bicyclic) bond motifs is 1. The van der Waals surface area contributed by atoms with Gasteiger partial charge in [-0.2, -0.15) is 0 Å². The Morgan fingerprint density at radius 1 is 1.07 bits per heavy atom. The highest BCUT2D eigenvalue weighted by atomic mass is 32.2. The lowest BCUT2D eigenvalue weighted by Crippen LogP contribution is -2.29. The first-order chi connectivity index (χ1) is 20.0. The summed E-state index contributed by atoms with van der Waals surface area (Å²) in [4.78, 5) is 32.1. The summed E-state index contributed by atoms with van der Waals surface area (Å²) in [6, 6.07) is 20.3. The van der Waals surface area contributed by atoms with Crippen molar-refractivity contribution in [3.63, 3.8) is 0 Å². The summed E-state index contributed by atoms with van der Waals surface area (Å²) in [6.45, 7) is 0. The number of nitrogens with zero attached hydrogens (tertiary/aromatic N) is 4. The van der Waals surface area contributed by atoms with E-state index in [4.69, 9.17) is 4.74 Å². The predicted molar refractivity (Wildman–Crippen MR) is 155 cm³/mol. The summed E-state index contributed by atoms with van der Waals surface area (Å²) in [6.07, 6.45) is 3.06. The Morgan fingerprint density at radius 2 is 1.90 bits per heavy atom. The molecule has 6 rings (SSSR count). The van der Waals surface area contributed by atoms with Crippen molar-refractivity contribution in [2.75, 3.05) is 12.0 Å². The summed E-state index contributed by atoms with van der Waals surface area (Å²) in [5.74, 6) is -2.43. The number of anilines is 1. The minimum atomic E-state index is -1.04. The second-order valence-electron chi connectivity index (χ2n) is 9.08. The monoisotopic (exact) mass is 584 g/mol. The van der Waals surface area contributed by atoms with Gasteiger partial charge >= 0.3 is 5.91 Å². The molecule has 2 aromatic heterocycles. The topological polar surface area (TPSA) is 106 Å². The van der Waals surface area contributed by atoms with Crippen LogP contribution in [0.4, 0.5) is 9.52 Å². The summed E-state index contributed by atoms with van der Waals surface area (Å²) in [5, 5.41) is 22.2. The lowest BCUT2D eigenvalue weighted by molar-refractivity contribution is -0.132. The van der Waals surface area contributed by atoms with E-state index in [1.807, 2.05) is 18.2 Å². The number of carbonyl (C=O) groups is 2. The molecule has 3 aromatic carbocycles. The molecule has 5 aromatic rings. The number of hydrogen-bond donors (Lipinski definition) is 1. The van der Waals surface area contributed by atoms with E-state index in [2.05, 4.69) is 39.4 Å². The normalized spacial score (nSPS) is 16.4. The van der Waals surface area contributed by atoms with E-state index >= 15 is 0 Å². The summed E-state index contributed by atoms with van der Waals surface area (Å²) in [5.41, 5.74) is 1.43. The van der Waals surface area contributed by atoms with Crippen molar-refractivity contribution in [2.45, 2.75) is 16.1 Å². The van der Waals surface area contributed by atoms with Crippen LogP contribution in [-0.4, -0.2) is 39.1 Å². The molecule has 1 aliphatic heterocycles. The largest absolute Gasteiger partial charge is 0.507 e. The Morgan fingerprint density at radius 3 is 2.68 bits per heavy atom. The number of methoxy groups -OCH3 is 1. The van der Waals surface area contributed by atoms with Gasteiger partial charge in [0.1, 0.15) is 5.76 Å². The first-order valence-electron chi connectivity index (χ1n) is 12.4. The fraction of sp³-hybridized carbons (Fsp3) is 0.100. The number of thioether (sulfide) groups is 1. The van der Waals surface area contributed by atoms with Crippen molar-refractivity contribution in [2.24, 2.45) is 0 Å². The van der Waals surface area contributed by atoms with E-state index in [-0.39, 0.29) is 22.0 Å². The molecule has 0 spiro atoms. The highest BCUT2D eigenvalue weighted by molar-refractivity contribution is 8.00. The second-order valence-corrected chi connectivity index (χ2v) is 11.3. The number of pyridine rings is 1. The van der Waals surface area contributed by atoms with Crippen molar-refractivity contribution in [1.29, 1.82) is 0 Å². The van der Waals surface area contributed by atoms with Crippen LogP contribution in [0.25, 0.3) is 16.5 Å². The Balaban J connectivity index is 1.36. The van der Waals surface area contributed by atoms with Crippen LogP contribution < -0.4 is 9.64 Å². The average Bonchev–Trinajstić information content (AvgIpc) is 3.57. The van der Waals surface area contributed by atoms with E-state index in [9.17, 15) is 19.1 Å². The molecule has 1 fully saturated rings. The molecular weight excluding hydrogens is 563 g/mol. The number of Topliss-reactive ketones (excluding diaryl/α,β-unsaturated/α-hetero) is 1. The number of benzene rings is 3. The molecule has 11 heteroatoms. The number of ether oxygens (including phenoxy) is 1. The lowest BCUT2D eigenvalue weighted by atomic mass is 9.96. The van der Waals surface area contributed by atoms with Gasteiger partial charge in [-0.3, -0.25) is 19.5 Å². The summed E-state index contributed by atoms with van der Waals surface area (Å²) in [7, 11) is 1.32. The molecule has 1 amide bonds. The van der Waals surface area contributed by atoms with Crippen molar-refractivity contribution >= 4 is 56.5 Å². The zero-order chi connectivity index (χ0) is 28.5. The lowest BCUT2D eigenvalue weighted by Gasteiger charge is -2.22. The van der Waals surface area contributed by atoms with Gasteiger partial charge in [0.05, 0.1) is 18.7 Å². The van der Waals surface area contributed by atoms with Gasteiger partial charge in [0.2, 0.25) is 5.13 Å². The van der Waals surface area contributed by atoms with Crippen LogP contribution in [-0.2, 0) is 15.3 Å². The van der Waals surface area contributed by atoms with Crippen molar-refractivity contribution < 1.29 is 23.8 Å². The molecule has 0 saturated carbocycles. The number of hydrogen-bond acceptors (Lipinski definition) is 9. The third-order valence-electron chi connectivity index (χ3n) is 6.70. The Labute approximate surface area is 242 Å². The van der Waals surface area contributed by atoms with Gasteiger partial charge in [-0.1, -0.05) is 71.6 Å². The van der Waals surface area contributed by atoms with Crippen LogP contribution in [0, 0.1) is 5.82 Å². The molecule has 0 bridgehead atoms. The minimum absolute atomic E-state index is 0.0202. The minimum Gasteiger partial charge on any atom is -0.507 e. The van der Waals surface area contributed by atoms with E-state index in [1.54, 1.807) is 18.3 Å². The van der Waals surface area contributed by atoms with Crippen LogP contribution in [0.15, 0.2) is 95.1 Å². The molecule has 1 unspecified atom stereocenters. The molecule has 8 nitrogen and oxygen atoms in total. The van der Waals surface area contributed by atoms with Crippen LogP contribution in [0.3, 0.4) is 0 Å². The standard InChI is InChI=1S/C30H21FN4O4S2/c1-39-23-12-11-18(14-22(23)31)26(36)24-25(19-9-5-13-32-15-19)35(28(38)27(24)37)29-33-34-30(41-29)40-16-20-8-4-7-17-6-2-3-10-21(17)20/h2-15,25,36H,16H2,1H3/b26-24+. The van der Waals surface area contributed by atoms with Crippen LogP contribution >= 0.6 is 23.1 Å². The fourth-order valence-electron chi connectivity index (χ4n) is 4.77. The van der Waals surface area contributed by atoms with Crippen LogP contribution in [0.1, 0.15) is 22.7 Å². The van der Waals surface area contributed by atoms with Crippen LogP contribution in [0.5, 0.6) is 5.75 Å². The van der Waals surface area contributed by atoms with Crippen molar-refractivity contribution in [3.05, 3.63) is 113 Å². The number of amides is 1. The number of aliphatic hydroxyl groups excluding tert-OH is 1. The quantitative estimate of drug-likeness (QED) is 0.0798. The van der Waals surface area contributed by atoms with Gasteiger partial charge in [-0.05, 0) is 46.2 Å². The third-order valence-corrected chi connectivity index (χ3v) is 8.81. The van der Waals surface area contributed by atoms with Gasteiger partial charge < -0.3 is 9.84 Å². The smallest absolute Gasteiger partial charge is 0.301 e. The zero-order valence-electron chi connectivity index (χ0n) is 21.5. The Kier molecular flexibility index (Phi) is 7.21. The van der Waals surface area contributed by atoms with Crippen molar-refractivity contribution in [3.8, 4) is 5.75 Å². The third kappa shape index (κ3) is 4.94.